The molecule has 130 valence electrons. The molecule has 0 saturated heterocycles. The van der Waals surface area contributed by atoms with Gasteiger partial charge in [-0.05, 0) is 12.3 Å². The van der Waals surface area contributed by atoms with Crippen LogP contribution in [0, 0.1) is 5.92 Å². The Hall–Kier alpha value is -1.31. The minimum absolute atomic E-state index is 0. The fraction of sp³-hybridized carbons (Fsp3) is 0.643. The molecular weight excluding hydrogens is 339 g/mol. The summed E-state index contributed by atoms with van der Waals surface area (Å²) in [7, 11) is 0. The highest BCUT2D eigenvalue weighted by atomic mass is 35.5. The van der Waals surface area contributed by atoms with Crippen LogP contribution in [0.4, 0.5) is 11.6 Å². The predicted octanol–water partition coefficient (Wildman–Crippen LogP) is 1.74. The molecule has 1 aromatic heterocycles. The minimum atomic E-state index is -0.439. The predicted molar refractivity (Wildman–Crippen MR) is 94.6 cm³/mol. The highest BCUT2D eigenvalue weighted by Gasteiger charge is 2.19. The van der Waals surface area contributed by atoms with Crippen LogP contribution in [-0.2, 0) is 0 Å². The molecule has 1 heterocycles. The Morgan fingerprint density at radius 3 is 2.52 bits per heavy atom. The van der Waals surface area contributed by atoms with Crippen LogP contribution in [0.3, 0.4) is 0 Å². The molecule has 1 saturated carbocycles. The van der Waals surface area contributed by atoms with E-state index in [0.717, 1.165) is 6.42 Å². The summed E-state index contributed by atoms with van der Waals surface area (Å²) >= 11 is 5.76. The summed E-state index contributed by atoms with van der Waals surface area (Å²) < 4.78 is 0. The quantitative estimate of drug-likeness (QED) is 0.630. The molecule has 1 fully saturated rings. The SMILES string of the molecule is Cl.Nc1nc(N)c(C(=O)NC[C@@H](N)CC2CCCCC2)nc1Cl. The van der Waals surface area contributed by atoms with E-state index in [1.165, 1.54) is 32.1 Å². The van der Waals surface area contributed by atoms with Crippen molar-refractivity contribution in [3.05, 3.63) is 10.8 Å². The molecule has 1 amide bonds. The van der Waals surface area contributed by atoms with Crippen molar-refractivity contribution in [1.82, 2.24) is 15.3 Å². The molecule has 0 radical (unpaired) electrons. The number of carbonyl (C=O) groups is 1. The normalized spacial score (nSPS) is 16.4. The molecule has 2 rings (SSSR count). The lowest BCUT2D eigenvalue weighted by molar-refractivity contribution is 0.0945. The first-order chi connectivity index (χ1) is 10.5. The average molecular weight is 363 g/mol. The number of halogens is 2. The van der Waals surface area contributed by atoms with Gasteiger partial charge >= 0.3 is 0 Å². The molecular formula is C14H24Cl2N6O. The molecule has 1 aliphatic rings. The lowest BCUT2D eigenvalue weighted by Gasteiger charge is -2.24. The summed E-state index contributed by atoms with van der Waals surface area (Å²) in [6.45, 7) is 0.373. The molecule has 0 bridgehead atoms. The van der Waals surface area contributed by atoms with Gasteiger partial charge in [0.25, 0.3) is 5.91 Å². The number of nitrogen functional groups attached to an aromatic ring is 2. The second-order valence-corrected chi connectivity index (χ2v) is 6.20. The van der Waals surface area contributed by atoms with Gasteiger partial charge in [0.1, 0.15) is 0 Å². The van der Waals surface area contributed by atoms with E-state index >= 15 is 0 Å². The first-order valence-electron chi connectivity index (χ1n) is 7.59. The van der Waals surface area contributed by atoms with Gasteiger partial charge < -0.3 is 22.5 Å². The van der Waals surface area contributed by atoms with Crippen molar-refractivity contribution in [2.24, 2.45) is 11.7 Å². The van der Waals surface area contributed by atoms with Crippen molar-refractivity contribution in [2.45, 2.75) is 44.6 Å². The monoisotopic (exact) mass is 362 g/mol. The zero-order valence-electron chi connectivity index (χ0n) is 12.9. The van der Waals surface area contributed by atoms with Gasteiger partial charge in [-0.2, -0.15) is 0 Å². The summed E-state index contributed by atoms with van der Waals surface area (Å²) in [6.07, 6.45) is 7.25. The number of hydrogen-bond acceptors (Lipinski definition) is 6. The Morgan fingerprint density at radius 1 is 1.22 bits per heavy atom. The van der Waals surface area contributed by atoms with Gasteiger partial charge in [-0.15, -0.1) is 12.4 Å². The maximum absolute atomic E-state index is 12.1. The molecule has 1 atom stereocenters. The molecule has 0 aromatic carbocycles. The Balaban J connectivity index is 0.00000264. The Morgan fingerprint density at radius 2 is 1.87 bits per heavy atom. The Kier molecular flexibility index (Phi) is 7.81. The van der Waals surface area contributed by atoms with Gasteiger partial charge in [0, 0.05) is 12.6 Å². The van der Waals surface area contributed by atoms with Crippen molar-refractivity contribution >= 4 is 41.6 Å². The summed E-state index contributed by atoms with van der Waals surface area (Å²) in [5.74, 6) is 0.187. The zero-order chi connectivity index (χ0) is 16.1. The van der Waals surface area contributed by atoms with Crippen molar-refractivity contribution in [1.29, 1.82) is 0 Å². The average Bonchev–Trinajstić information content (AvgIpc) is 2.49. The molecule has 23 heavy (non-hydrogen) atoms. The number of nitrogens with zero attached hydrogens (tertiary/aromatic N) is 2. The maximum Gasteiger partial charge on any atom is 0.273 e. The van der Waals surface area contributed by atoms with Crippen molar-refractivity contribution in [3.8, 4) is 0 Å². The third kappa shape index (κ3) is 5.67. The largest absolute Gasteiger partial charge is 0.382 e. The van der Waals surface area contributed by atoms with Gasteiger partial charge in [-0.1, -0.05) is 43.7 Å². The number of rotatable bonds is 5. The standard InChI is InChI=1S/C14H23ClN6O.ClH/c15-11-13(18)21-12(17)10(20-11)14(22)19-7-9(16)6-8-4-2-1-3-5-8;/h8-9H,1-7,16H2,(H,19,22)(H4,17,18,21);1H/t9-;/m0./s1. The Bertz CT molecular complexity index is 536. The maximum atomic E-state index is 12.1. The van der Waals surface area contributed by atoms with Crippen molar-refractivity contribution in [3.63, 3.8) is 0 Å². The lowest BCUT2D eigenvalue weighted by Crippen LogP contribution is -2.39. The third-order valence-electron chi connectivity index (χ3n) is 4.01. The van der Waals surface area contributed by atoms with E-state index in [0.29, 0.717) is 12.5 Å². The van der Waals surface area contributed by atoms with Gasteiger partial charge in [0.05, 0.1) is 0 Å². The zero-order valence-corrected chi connectivity index (χ0v) is 14.5. The first-order valence-corrected chi connectivity index (χ1v) is 7.97. The summed E-state index contributed by atoms with van der Waals surface area (Å²) in [5.41, 5.74) is 17.2. The van der Waals surface area contributed by atoms with E-state index in [1.807, 2.05) is 0 Å². The topological polar surface area (TPSA) is 133 Å². The van der Waals surface area contributed by atoms with Crippen molar-refractivity contribution in [2.75, 3.05) is 18.0 Å². The molecule has 0 aliphatic heterocycles. The molecule has 7 nitrogen and oxygen atoms in total. The molecule has 9 heteroatoms. The van der Waals surface area contributed by atoms with Crippen LogP contribution in [0.25, 0.3) is 0 Å². The van der Waals surface area contributed by atoms with E-state index in [2.05, 4.69) is 15.3 Å². The first kappa shape index (κ1) is 19.7. The van der Waals surface area contributed by atoms with E-state index < -0.39 is 5.91 Å². The fourth-order valence-electron chi connectivity index (χ4n) is 2.85. The number of aromatic nitrogens is 2. The number of nitrogens with one attached hydrogen (secondary N) is 1. The van der Waals surface area contributed by atoms with Crippen molar-refractivity contribution < 1.29 is 4.79 Å². The molecule has 7 N–H and O–H groups in total. The van der Waals surface area contributed by atoms with Gasteiger partial charge in [0.15, 0.2) is 22.5 Å². The highest BCUT2D eigenvalue weighted by molar-refractivity contribution is 6.31. The Labute approximate surface area is 147 Å². The second-order valence-electron chi connectivity index (χ2n) is 5.84. The van der Waals surface area contributed by atoms with Crippen LogP contribution in [-0.4, -0.2) is 28.5 Å². The van der Waals surface area contributed by atoms with E-state index in [1.54, 1.807) is 0 Å². The second kappa shape index (κ2) is 9.10. The van der Waals surface area contributed by atoms with Crippen LogP contribution < -0.4 is 22.5 Å². The fourth-order valence-corrected chi connectivity index (χ4v) is 2.98. The van der Waals surface area contributed by atoms with Crippen LogP contribution in [0.2, 0.25) is 5.15 Å². The van der Waals surface area contributed by atoms with Crippen LogP contribution in [0.1, 0.15) is 49.0 Å². The summed E-state index contributed by atoms with van der Waals surface area (Å²) in [5, 5.41) is 2.69. The molecule has 1 aromatic rings. The van der Waals surface area contributed by atoms with Gasteiger partial charge in [-0.3, -0.25) is 4.79 Å². The minimum Gasteiger partial charge on any atom is -0.382 e. The number of amides is 1. The van der Waals surface area contributed by atoms with Crippen LogP contribution >= 0.6 is 24.0 Å². The molecule has 0 unspecified atom stereocenters. The number of carbonyl (C=O) groups excluding carboxylic acids is 1. The number of anilines is 2. The molecule has 0 spiro atoms. The smallest absolute Gasteiger partial charge is 0.273 e. The lowest BCUT2D eigenvalue weighted by atomic mass is 9.85. The van der Waals surface area contributed by atoms with Crippen LogP contribution in [0.15, 0.2) is 0 Å². The number of nitrogens with two attached hydrogens (primary N) is 3. The number of hydrogen-bond donors (Lipinski definition) is 4. The summed E-state index contributed by atoms with van der Waals surface area (Å²) in [6, 6.07) is -0.0783. The van der Waals surface area contributed by atoms with Gasteiger partial charge in [-0.25, -0.2) is 9.97 Å². The highest BCUT2D eigenvalue weighted by Crippen LogP contribution is 2.26. The summed E-state index contributed by atoms with van der Waals surface area (Å²) in [4.78, 5) is 19.7. The van der Waals surface area contributed by atoms with Gasteiger partial charge in [0.2, 0.25) is 0 Å². The van der Waals surface area contributed by atoms with E-state index in [-0.39, 0.29) is 40.9 Å². The van der Waals surface area contributed by atoms with E-state index in [4.69, 9.17) is 28.8 Å². The van der Waals surface area contributed by atoms with E-state index in [9.17, 15) is 4.79 Å². The third-order valence-corrected chi connectivity index (χ3v) is 4.28. The molecule has 1 aliphatic carbocycles. The van der Waals surface area contributed by atoms with Crippen LogP contribution in [0.5, 0.6) is 0 Å².